The number of hydrogen-bond donors (Lipinski definition) is 1. The molecule has 26 heavy (non-hydrogen) atoms. The van der Waals surface area contributed by atoms with E-state index < -0.39 is 5.97 Å². The Hall–Kier alpha value is -3.54. The van der Waals surface area contributed by atoms with Crippen LogP contribution in [0.5, 0.6) is 5.75 Å². The number of hydrogen-bond acceptors (Lipinski definition) is 6. The first-order chi connectivity index (χ1) is 12.7. The standard InChI is InChI=1S/C20H18N2O4/c1-24-20(23)19-11-10-18(26-19)14-25-17-9-5-6-15(12-17)13-21-22-16-7-3-2-4-8-16/h2-13,22H,14H2,1H3. The lowest BCUT2D eigenvalue weighted by atomic mass is 10.2. The molecule has 1 aromatic heterocycles. The Balaban J connectivity index is 1.57. The van der Waals surface area contributed by atoms with Crippen LogP contribution >= 0.6 is 0 Å². The lowest BCUT2D eigenvalue weighted by Crippen LogP contribution is -1.99. The second-order valence-corrected chi connectivity index (χ2v) is 5.35. The number of nitrogens with one attached hydrogen (secondary N) is 1. The molecule has 0 aliphatic heterocycles. The Morgan fingerprint density at radius 1 is 1.12 bits per heavy atom. The molecule has 0 aliphatic carbocycles. The highest BCUT2D eigenvalue weighted by molar-refractivity contribution is 5.86. The maximum atomic E-state index is 11.4. The molecule has 0 saturated heterocycles. The van der Waals surface area contributed by atoms with Crippen LogP contribution in [0.1, 0.15) is 21.9 Å². The number of benzene rings is 2. The highest BCUT2D eigenvalue weighted by Gasteiger charge is 2.11. The number of esters is 1. The van der Waals surface area contributed by atoms with Gasteiger partial charge in [-0.3, -0.25) is 5.43 Å². The van der Waals surface area contributed by atoms with Gasteiger partial charge in [-0.15, -0.1) is 0 Å². The van der Waals surface area contributed by atoms with Crippen LogP contribution in [0.2, 0.25) is 0 Å². The minimum atomic E-state index is -0.514. The topological polar surface area (TPSA) is 73.1 Å². The average Bonchev–Trinajstić information content (AvgIpc) is 3.16. The van der Waals surface area contributed by atoms with Crippen molar-refractivity contribution < 1.29 is 18.7 Å². The molecule has 0 aliphatic rings. The van der Waals surface area contributed by atoms with E-state index in [1.54, 1.807) is 18.3 Å². The van der Waals surface area contributed by atoms with Crippen LogP contribution in [0.15, 0.2) is 76.2 Å². The molecule has 0 bridgehead atoms. The first-order valence-corrected chi connectivity index (χ1v) is 7.98. The summed E-state index contributed by atoms with van der Waals surface area (Å²) in [5.74, 6) is 0.847. The van der Waals surface area contributed by atoms with Crippen LogP contribution in [0.4, 0.5) is 5.69 Å². The lowest BCUT2D eigenvalue weighted by Gasteiger charge is -2.05. The minimum absolute atomic E-state index is 0.152. The van der Waals surface area contributed by atoms with E-state index in [0.29, 0.717) is 11.5 Å². The number of carbonyl (C=O) groups is 1. The van der Waals surface area contributed by atoms with Gasteiger partial charge in [0, 0.05) is 0 Å². The molecule has 1 heterocycles. The van der Waals surface area contributed by atoms with E-state index in [4.69, 9.17) is 9.15 Å². The van der Waals surface area contributed by atoms with Crippen LogP contribution in [0.25, 0.3) is 0 Å². The highest BCUT2D eigenvalue weighted by atomic mass is 16.5. The number of rotatable bonds is 7. The molecule has 2 aromatic carbocycles. The third kappa shape index (κ3) is 4.73. The smallest absolute Gasteiger partial charge is 0.373 e. The Morgan fingerprint density at radius 2 is 1.96 bits per heavy atom. The van der Waals surface area contributed by atoms with Crippen molar-refractivity contribution in [3.8, 4) is 5.75 Å². The second kappa shape index (κ2) is 8.53. The van der Waals surface area contributed by atoms with Gasteiger partial charge in [0.05, 0.1) is 19.0 Å². The molecule has 6 nitrogen and oxygen atoms in total. The summed E-state index contributed by atoms with van der Waals surface area (Å²) in [4.78, 5) is 11.4. The van der Waals surface area contributed by atoms with Crippen LogP contribution in [0, 0.1) is 0 Å². The molecule has 0 saturated carbocycles. The fourth-order valence-corrected chi connectivity index (χ4v) is 2.20. The minimum Gasteiger partial charge on any atom is -0.486 e. The van der Waals surface area contributed by atoms with Crippen molar-refractivity contribution in [1.29, 1.82) is 0 Å². The maximum absolute atomic E-state index is 11.4. The van der Waals surface area contributed by atoms with Crippen molar-refractivity contribution in [2.75, 3.05) is 12.5 Å². The van der Waals surface area contributed by atoms with Gasteiger partial charge in [-0.25, -0.2) is 4.79 Å². The number of carbonyl (C=O) groups excluding carboxylic acids is 1. The van der Waals surface area contributed by atoms with E-state index in [0.717, 1.165) is 11.3 Å². The molecular formula is C20H18N2O4. The van der Waals surface area contributed by atoms with Crippen LogP contribution in [-0.4, -0.2) is 19.3 Å². The summed E-state index contributed by atoms with van der Waals surface area (Å²) in [7, 11) is 1.31. The molecule has 3 aromatic rings. The molecule has 0 atom stereocenters. The Kier molecular flexibility index (Phi) is 5.67. The highest BCUT2D eigenvalue weighted by Crippen LogP contribution is 2.16. The quantitative estimate of drug-likeness (QED) is 0.395. The third-order valence-corrected chi connectivity index (χ3v) is 3.47. The van der Waals surface area contributed by atoms with Gasteiger partial charge in [0.15, 0.2) is 0 Å². The van der Waals surface area contributed by atoms with Gasteiger partial charge in [-0.2, -0.15) is 5.10 Å². The van der Waals surface area contributed by atoms with Crippen molar-refractivity contribution in [3.05, 3.63) is 83.8 Å². The Labute approximate surface area is 151 Å². The number of anilines is 1. The normalized spacial score (nSPS) is 10.7. The van der Waals surface area contributed by atoms with Crippen molar-refractivity contribution in [2.24, 2.45) is 5.10 Å². The van der Waals surface area contributed by atoms with Gasteiger partial charge < -0.3 is 13.9 Å². The number of ether oxygens (including phenoxy) is 2. The first-order valence-electron chi connectivity index (χ1n) is 7.98. The first kappa shape index (κ1) is 17.3. The zero-order valence-electron chi connectivity index (χ0n) is 14.2. The van der Waals surface area contributed by atoms with E-state index in [-0.39, 0.29) is 12.4 Å². The number of hydrazone groups is 1. The van der Waals surface area contributed by atoms with Crippen molar-refractivity contribution in [3.63, 3.8) is 0 Å². The molecule has 0 fully saturated rings. The number of para-hydroxylation sites is 1. The second-order valence-electron chi connectivity index (χ2n) is 5.35. The summed E-state index contributed by atoms with van der Waals surface area (Å²) >= 11 is 0. The molecule has 3 rings (SSSR count). The maximum Gasteiger partial charge on any atom is 0.373 e. The molecule has 0 amide bonds. The largest absolute Gasteiger partial charge is 0.486 e. The van der Waals surface area contributed by atoms with Gasteiger partial charge in [0.25, 0.3) is 0 Å². The molecule has 1 N–H and O–H groups in total. The number of methoxy groups -OCH3 is 1. The van der Waals surface area contributed by atoms with Gasteiger partial charge in [-0.1, -0.05) is 30.3 Å². The molecular weight excluding hydrogens is 332 g/mol. The Bertz CT molecular complexity index is 888. The van der Waals surface area contributed by atoms with Gasteiger partial charge in [0.2, 0.25) is 5.76 Å². The number of nitrogens with zero attached hydrogens (tertiary/aromatic N) is 1. The van der Waals surface area contributed by atoms with Gasteiger partial charge >= 0.3 is 5.97 Å². The lowest BCUT2D eigenvalue weighted by molar-refractivity contribution is 0.0561. The SMILES string of the molecule is COC(=O)c1ccc(COc2cccc(C=NNc3ccccc3)c2)o1. The zero-order valence-corrected chi connectivity index (χ0v) is 14.2. The molecule has 0 radical (unpaired) electrons. The van der Waals surface area contributed by atoms with Crippen molar-refractivity contribution >= 4 is 17.9 Å². The predicted molar refractivity (Wildman–Crippen MR) is 98.5 cm³/mol. The monoisotopic (exact) mass is 350 g/mol. The van der Waals surface area contributed by atoms with Crippen molar-refractivity contribution in [2.45, 2.75) is 6.61 Å². The van der Waals surface area contributed by atoms with Crippen LogP contribution in [0.3, 0.4) is 0 Å². The molecule has 6 heteroatoms. The molecule has 132 valence electrons. The summed E-state index contributed by atoms with van der Waals surface area (Å²) in [6.45, 7) is 0.208. The molecule has 0 spiro atoms. The fourth-order valence-electron chi connectivity index (χ4n) is 2.20. The van der Waals surface area contributed by atoms with E-state index >= 15 is 0 Å². The van der Waals surface area contributed by atoms with E-state index in [2.05, 4.69) is 15.3 Å². The summed E-state index contributed by atoms with van der Waals surface area (Å²) in [6.07, 6.45) is 1.71. The van der Waals surface area contributed by atoms with Gasteiger partial charge in [-0.05, 0) is 42.0 Å². The van der Waals surface area contributed by atoms with E-state index in [1.807, 2.05) is 54.6 Å². The summed E-state index contributed by atoms with van der Waals surface area (Å²) in [5.41, 5.74) is 4.76. The summed E-state index contributed by atoms with van der Waals surface area (Å²) < 4.78 is 15.7. The van der Waals surface area contributed by atoms with Crippen molar-refractivity contribution in [1.82, 2.24) is 0 Å². The third-order valence-electron chi connectivity index (χ3n) is 3.47. The summed E-state index contributed by atoms with van der Waals surface area (Å²) in [6, 6.07) is 20.4. The van der Waals surface area contributed by atoms with E-state index in [1.165, 1.54) is 7.11 Å². The Morgan fingerprint density at radius 3 is 2.77 bits per heavy atom. The average molecular weight is 350 g/mol. The fraction of sp³-hybridized carbons (Fsp3) is 0.100. The zero-order chi connectivity index (χ0) is 18.2. The molecule has 0 unspecified atom stereocenters. The predicted octanol–water partition coefficient (Wildman–Crippen LogP) is 4.09. The number of furan rings is 1. The van der Waals surface area contributed by atoms with Gasteiger partial charge in [0.1, 0.15) is 18.1 Å². The van der Waals surface area contributed by atoms with Crippen LogP contribution in [-0.2, 0) is 11.3 Å². The summed E-state index contributed by atoms with van der Waals surface area (Å²) in [5, 5.41) is 4.20. The van der Waals surface area contributed by atoms with E-state index in [9.17, 15) is 4.79 Å². The van der Waals surface area contributed by atoms with Crippen LogP contribution < -0.4 is 10.2 Å².